The Hall–Kier alpha value is 0.330. The van der Waals surface area contributed by atoms with Crippen LogP contribution in [0.25, 0.3) is 0 Å². The molecule has 0 nitrogen and oxygen atoms in total. The van der Waals surface area contributed by atoms with Crippen LogP contribution in [0, 0.1) is 7.14 Å². The summed E-state index contributed by atoms with van der Waals surface area (Å²) in [7, 11) is 0. The summed E-state index contributed by atoms with van der Waals surface area (Å²) in [4.78, 5) is 0. The van der Waals surface area contributed by atoms with E-state index in [0.29, 0.717) is 20.1 Å². The number of benzene rings is 2. The Bertz CT molecular complexity index is 505. The predicted molar refractivity (Wildman–Crippen MR) is 70.3 cm³/mol. The zero-order valence-corrected chi connectivity index (χ0v) is 13.5. The van der Waals surface area contributed by atoms with Gasteiger partial charge in [-0.05, 0) is 0 Å². The summed E-state index contributed by atoms with van der Waals surface area (Å²) in [5, 5.41) is 2.33. The van der Waals surface area contributed by atoms with Crippen molar-refractivity contribution in [3.8, 4) is 0 Å². The fourth-order valence-electron chi connectivity index (χ4n) is 1.18. The summed E-state index contributed by atoms with van der Waals surface area (Å²) in [6.07, 6.45) is 0. The molecular weight excluding hydrogens is 413 g/mol. The molecule has 0 bridgehead atoms. The molecule has 0 spiro atoms. The summed E-state index contributed by atoms with van der Waals surface area (Å²) < 4.78 is 2.38. The van der Waals surface area contributed by atoms with Gasteiger partial charge in [0, 0.05) is 0 Å². The molecule has 0 unspecified atom stereocenters. The van der Waals surface area contributed by atoms with Gasteiger partial charge < -0.3 is 0 Å². The van der Waals surface area contributed by atoms with Crippen molar-refractivity contribution in [1.82, 2.24) is 0 Å². The molecule has 5 heteroatoms. The zero-order chi connectivity index (χ0) is 12.4. The van der Waals surface area contributed by atoms with Crippen LogP contribution in [0.2, 0.25) is 20.1 Å². The monoisotopic (exact) mass is 417 g/mol. The van der Waals surface area contributed by atoms with Crippen LogP contribution in [-0.2, 0) is 0 Å². The first-order chi connectivity index (χ1) is 8.06. The summed E-state index contributed by atoms with van der Waals surface area (Å²) in [6, 6.07) is 11.4. The van der Waals surface area contributed by atoms with E-state index in [0.717, 1.165) is 0 Å². The molecule has 0 aliphatic carbocycles. The van der Waals surface area contributed by atoms with Crippen molar-refractivity contribution < 1.29 is 21.2 Å². The summed E-state index contributed by atoms with van der Waals surface area (Å²) in [5.41, 5.74) is 0. The van der Waals surface area contributed by atoms with Gasteiger partial charge in [0.15, 0.2) is 0 Å². The van der Waals surface area contributed by atoms with Gasteiger partial charge in [-0.25, -0.2) is 0 Å². The number of halogens is 5. The molecule has 0 heterocycles. The van der Waals surface area contributed by atoms with Crippen molar-refractivity contribution in [2.75, 3.05) is 0 Å². The predicted octanol–water partition coefficient (Wildman–Crippen LogP) is 2.43. The number of rotatable bonds is 2. The van der Waals surface area contributed by atoms with Crippen LogP contribution in [0.3, 0.4) is 0 Å². The third-order valence-corrected chi connectivity index (χ3v) is 6.05. The molecule has 2 rings (SSSR count). The first-order valence-electron chi connectivity index (χ1n) is 4.61. The van der Waals surface area contributed by atoms with E-state index in [1.54, 1.807) is 0 Å². The normalized spacial score (nSPS) is 10.8. The Balaban J connectivity index is 2.25. The first-order valence-corrected chi connectivity index (χ1v) is 8.28. The van der Waals surface area contributed by atoms with E-state index >= 15 is 0 Å². The third kappa shape index (κ3) is 3.65. The molecule has 2 aromatic carbocycles. The Morgan fingerprint density at radius 1 is 0.588 bits per heavy atom. The van der Waals surface area contributed by atoms with Crippen LogP contribution in [0.15, 0.2) is 36.4 Å². The van der Waals surface area contributed by atoms with Gasteiger partial charge in [0.25, 0.3) is 0 Å². The maximum atomic E-state index is 5.98. The quantitative estimate of drug-likeness (QED) is 0.519. The van der Waals surface area contributed by atoms with Gasteiger partial charge in [0.2, 0.25) is 0 Å². The summed E-state index contributed by atoms with van der Waals surface area (Å²) >= 11 is 23.4. The molecule has 0 amide bonds. The molecule has 0 saturated carbocycles. The molecular formula is C12H6Cl4I-. The average Bonchev–Trinajstić information content (AvgIpc) is 2.29. The van der Waals surface area contributed by atoms with Crippen molar-refractivity contribution in [2.24, 2.45) is 0 Å². The summed E-state index contributed by atoms with van der Waals surface area (Å²) in [6.45, 7) is 0. The average molecular weight is 419 g/mol. The fraction of sp³-hybridized carbons (Fsp3) is 0. The van der Waals surface area contributed by atoms with E-state index in [9.17, 15) is 0 Å². The van der Waals surface area contributed by atoms with Gasteiger partial charge in [-0.15, -0.1) is 0 Å². The van der Waals surface area contributed by atoms with Crippen molar-refractivity contribution in [2.45, 2.75) is 0 Å². The molecule has 0 aliphatic rings. The van der Waals surface area contributed by atoms with Crippen LogP contribution in [0.5, 0.6) is 0 Å². The second-order valence-corrected chi connectivity index (χ2v) is 7.87. The number of hydrogen-bond acceptors (Lipinski definition) is 0. The van der Waals surface area contributed by atoms with Gasteiger partial charge >= 0.3 is 131 Å². The van der Waals surface area contributed by atoms with E-state index in [-0.39, 0.29) is 21.2 Å². The molecule has 0 aliphatic heterocycles. The number of hydrogen-bond donors (Lipinski definition) is 0. The fourth-order valence-corrected chi connectivity index (χ4v) is 4.52. The Kier molecular flexibility index (Phi) is 4.84. The van der Waals surface area contributed by atoms with Crippen molar-refractivity contribution in [1.29, 1.82) is 0 Å². The molecule has 0 fully saturated rings. The minimum absolute atomic E-state index is 0.317. The molecule has 2 aromatic rings. The van der Waals surface area contributed by atoms with E-state index in [1.807, 2.05) is 36.4 Å². The zero-order valence-electron chi connectivity index (χ0n) is 8.35. The van der Waals surface area contributed by atoms with Gasteiger partial charge in [0.05, 0.1) is 0 Å². The second-order valence-electron chi connectivity index (χ2n) is 3.21. The molecule has 0 saturated heterocycles. The molecule has 0 aromatic heterocycles. The topological polar surface area (TPSA) is 0 Å². The van der Waals surface area contributed by atoms with Gasteiger partial charge in [0.1, 0.15) is 0 Å². The standard InChI is InChI=1S/C12H6Cl4I/c13-9-3-1-7(5-11(9)15)17-8-2-4-10(14)12(16)6-8/h1-6H/q-1. The third-order valence-electron chi connectivity index (χ3n) is 1.98. The van der Waals surface area contributed by atoms with Gasteiger partial charge in [-0.1, -0.05) is 0 Å². The van der Waals surface area contributed by atoms with Gasteiger partial charge in [-0.2, -0.15) is 0 Å². The van der Waals surface area contributed by atoms with Crippen LogP contribution < -0.4 is 21.2 Å². The van der Waals surface area contributed by atoms with Gasteiger partial charge in [-0.3, -0.25) is 0 Å². The molecule has 0 N–H and O–H groups in total. The van der Waals surface area contributed by atoms with Crippen LogP contribution in [0.4, 0.5) is 0 Å². The van der Waals surface area contributed by atoms with Crippen LogP contribution in [-0.4, -0.2) is 0 Å². The molecule has 0 atom stereocenters. The van der Waals surface area contributed by atoms with Crippen molar-refractivity contribution in [3.63, 3.8) is 0 Å². The maximum absolute atomic E-state index is 5.98. The summed E-state index contributed by atoms with van der Waals surface area (Å²) in [5.74, 6) is 0. The van der Waals surface area contributed by atoms with E-state index in [4.69, 9.17) is 46.4 Å². The van der Waals surface area contributed by atoms with Crippen LogP contribution in [0.1, 0.15) is 0 Å². The van der Waals surface area contributed by atoms with E-state index < -0.39 is 0 Å². The first kappa shape index (κ1) is 13.8. The minimum atomic E-state index is -0.317. The second kappa shape index (κ2) is 5.98. The Morgan fingerprint density at radius 3 is 1.35 bits per heavy atom. The molecule has 17 heavy (non-hydrogen) atoms. The Morgan fingerprint density at radius 2 is 1.00 bits per heavy atom. The van der Waals surface area contributed by atoms with Crippen molar-refractivity contribution in [3.05, 3.63) is 63.6 Å². The molecule has 90 valence electrons. The van der Waals surface area contributed by atoms with Crippen LogP contribution >= 0.6 is 46.4 Å². The van der Waals surface area contributed by atoms with E-state index in [1.165, 1.54) is 7.14 Å². The SMILES string of the molecule is Clc1ccc([I-]c2ccc(Cl)c(Cl)c2)cc1Cl. The Labute approximate surface area is 130 Å². The van der Waals surface area contributed by atoms with Crippen molar-refractivity contribution >= 4 is 46.4 Å². The molecule has 0 radical (unpaired) electrons. The van der Waals surface area contributed by atoms with E-state index in [2.05, 4.69) is 0 Å².